The van der Waals surface area contributed by atoms with Crippen molar-refractivity contribution in [3.05, 3.63) is 35.9 Å². The Morgan fingerprint density at radius 2 is 1.86 bits per heavy atom. The van der Waals surface area contributed by atoms with Crippen molar-refractivity contribution in [2.24, 2.45) is 0 Å². The zero-order chi connectivity index (χ0) is 21.1. The monoisotopic (exact) mass is 450 g/mol. The lowest BCUT2D eigenvalue weighted by Crippen LogP contribution is -2.69. The van der Waals surface area contributed by atoms with Crippen molar-refractivity contribution in [1.82, 2.24) is 10.2 Å². The molecule has 2 heterocycles. The summed E-state index contributed by atoms with van der Waals surface area (Å²) in [5, 5.41) is -0.362. The summed E-state index contributed by atoms with van der Waals surface area (Å²) in [4.78, 5) is 45.3. The van der Waals surface area contributed by atoms with E-state index in [4.69, 9.17) is 0 Å². The van der Waals surface area contributed by atoms with Crippen LogP contribution in [0.15, 0.2) is 30.3 Å². The van der Waals surface area contributed by atoms with Gasteiger partial charge in [-0.05, 0) is 19.4 Å². The van der Waals surface area contributed by atoms with Crippen LogP contribution >= 0.6 is 19.4 Å². The number of rotatable bonds is 5. The smallest absolute Gasteiger partial charge is 0.340 e. The van der Waals surface area contributed by atoms with Crippen molar-refractivity contribution in [2.75, 3.05) is 0 Å². The highest BCUT2D eigenvalue weighted by Gasteiger charge is 2.66. The molecule has 0 spiro atoms. The first-order chi connectivity index (χ1) is 12.7. The predicted molar refractivity (Wildman–Crippen MR) is 101 cm³/mol. The van der Waals surface area contributed by atoms with Gasteiger partial charge in [-0.15, -0.1) is 11.8 Å². The first-order valence-electron chi connectivity index (χ1n) is 8.12. The van der Waals surface area contributed by atoms with Gasteiger partial charge in [0.25, 0.3) is 10.1 Å². The second kappa shape index (κ2) is 6.82. The maximum absolute atomic E-state index is 12.6. The van der Waals surface area contributed by atoms with Crippen LogP contribution in [0.2, 0.25) is 0 Å². The SMILES string of the molecule is CC1(C)S[C@H]2C(NC(=O)C(c3ccccc3)S(=O)(=O)O)C(=O)N2C1P(=O)(O)O. The third kappa shape index (κ3) is 3.60. The van der Waals surface area contributed by atoms with Gasteiger partial charge >= 0.3 is 7.60 Å². The molecule has 4 atom stereocenters. The summed E-state index contributed by atoms with van der Waals surface area (Å²) in [5.74, 6) is -3.15. The molecule has 154 valence electrons. The standard InChI is InChI=1S/C15H19N2O8PS2/c1-15(2)14(26(20,21)22)17-12(19)9(13(17)27-15)16-11(18)10(28(23,24)25)8-6-4-3-5-7-8/h3-7,9-10,13-14H,1-2H3,(H,16,18)(H2,20,21,22)(H,23,24,25)/t9?,10?,13-,14?/m0/s1. The molecule has 2 aliphatic heterocycles. The molecule has 13 heteroatoms. The van der Waals surface area contributed by atoms with Gasteiger partial charge in [-0.25, -0.2) is 0 Å². The molecule has 2 fully saturated rings. The van der Waals surface area contributed by atoms with Crippen LogP contribution in [-0.2, 0) is 24.3 Å². The second-order valence-electron chi connectivity index (χ2n) is 7.11. The van der Waals surface area contributed by atoms with Crippen LogP contribution in [0.3, 0.4) is 0 Å². The average molecular weight is 450 g/mol. The van der Waals surface area contributed by atoms with E-state index in [1.54, 1.807) is 19.9 Å². The lowest BCUT2D eigenvalue weighted by Gasteiger charge is -2.44. The maximum atomic E-state index is 12.6. The number of nitrogens with zero attached hydrogens (tertiary/aromatic N) is 1. The molecule has 0 saturated carbocycles. The van der Waals surface area contributed by atoms with Gasteiger partial charge in [0.05, 0.1) is 0 Å². The lowest BCUT2D eigenvalue weighted by atomic mass is 10.0. The zero-order valence-corrected chi connectivity index (χ0v) is 17.3. The number of nitrogens with one attached hydrogen (secondary N) is 1. The zero-order valence-electron chi connectivity index (χ0n) is 14.8. The third-order valence-electron chi connectivity index (χ3n) is 4.64. The Bertz CT molecular complexity index is 962. The summed E-state index contributed by atoms with van der Waals surface area (Å²) in [6.07, 6.45) is 0. The number of carbonyl (C=O) groups is 2. The number of hydrogen-bond donors (Lipinski definition) is 4. The Morgan fingerprint density at radius 1 is 1.29 bits per heavy atom. The van der Waals surface area contributed by atoms with Gasteiger partial charge in [0, 0.05) is 4.75 Å². The fourth-order valence-electron chi connectivity index (χ4n) is 3.59. The van der Waals surface area contributed by atoms with Crippen LogP contribution in [0, 0.1) is 0 Å². The molecule has 3 rings (SSSR count). The molecule has 0 radical (unpaired) electrons. The Hall–Kier alpha value is -1.43. The van der Waals surface area contributed by atoms with Crippen LogP contribution in [0.25, 0.3) is 0 Å². The van der Waals surface area contributed by atoms with Crippen LogP contribution in [0.1, 0.15) is 24.7 Å². The molecule has 0 aromatic heterocycles. The summed E-state index contributed by atoms with van der Waals surface area (Å²) >= 11 is 1.11. The predicted octanol–water partition coefficient (Wildman–Crippen LogP) is 0.298. The van der Waals surface area contributed by atoms with E-state index in [0.717, 1.165) is 16.7 Å². The van der Waals surface area contributed by atoms with E-state index in [2.05, 4.69) is 5.32 Å². The number of fused-ring (bicyclic) bond motifs is 1. The average Bonchev–Trinajstić information content (AvgIpc) is 2.81. The Labute approximate surface area is 165 Å². The topological polar surface area (TPSA) is 161 Å². The minimum Gasteiger partial charge on any atom is -0.340 e. The first kappa shape index (κ1) is 21.3. The summed E-state index contributed by atoms with van der Waals surface area (Å²) < 4.78 is 43.8. The van der Waals surface area contributed by atoms with Gasteiger partial charge in [0.1, 0.15) is 17.2 Å². The van der Waals surface area contributed by atoms with Crippen LogP contribution < -0.4 is 5.32 Å². The molecule has 2 amide bonds. The van der Waals surface area contributed by atoms with Gasteiger partial charge in [0.2, 0.25) is 11.8 Å². The van der Waals surface area contributed by atoms with E-state index < -0.39 is 56.7 Å². The van der Waals surface area contributed by atoms with Crippen molar-refractivity contribution >= 4 is 41.3 Å². The molecule has 28 heavy (non-hydrogen) atoms. The minimum atomic E-state index is -4.81. The van der Waals surface area contributed by atoms with E-state index in [1.165, 1.54) is 24.3 Å². The van der Waals surface area contributed by atoms with Gasteiger partial charge in [0.15, 0.2) is 5.25 Å². The van der Waals surface area contributed by atoms with Gasteiger partial charge in [-0.2, -0.15) is 8.42 Å². The van der Waals surface area contributed by atoms with Crippen LogP contribution in [0.4, 0.5) is 0 Å². The molecular formula is C15H19N2O8PS2. The second-order valence-corrected chi connectivity index (χ2v) is 12.1. The van der Waals surface area contributed by atoms with Crippen LogP contribution in [-0.4, -0.2) is 61.4 Å². The number of amides is 2. The molecule has 10 nitrogen and oxygen atoms in total. The minimum absolute atomic E-state index is 0.0265. The first-order valence-corrected chi connectivity index (χ1v) is 12.2. The van der Waals surface area contributed by atoms with Crippen molar-refractivity contribution in [1.29, 1.82) is 0 Å². The van der Waals surface area contributed by atoms with E-state index in [-0.39, 0.29) is 5.56 Å². The number of benzene rings is 1. The highest BCUT2D eigenvalue weighted by molar-refractivity contribution is 8.02. The number of thioether (sulfide) groups is 1. The molecule has 2 aliphatic rings. The highest BCUT2D eigenvalue weighted by Crippen LogP contribution is 2.62. The number of carbonyl (C=O) groups excluding carboxylic acids is 2. The lowest BCUT2D eigenvalue weighted by molar-refractivity contribution is -0.149. The molecular weight excluding hydrogens is 431 g/mol. The summed E-state index contributed by atoms with van der Waals surface area (Å²) in [7, 11) is -9.44. The molecule has 1 aromatic rings. The number of hydrogen-bond acceptors (Lipinski definition) is 6. The van der Waals surface area contributed by atoms with Gasteiger partial charge < -0.3 is 20.0 Å². The fraction of sp³-hybridized carbons (Fsp3) is 0.467. The normalized spacial score (nSPS) is 27.7. The molecule has 1 aromatic carbocycles. The van der Waals surface area contributed by atoms with Crippen molar-refractivity contribution in [3.63, 3.8) is 0 Å². The number of β-lactam (4-membered cyclic amide) rings is 1. The molecule has 0 bridgehead atoms. The molecule has 2 saturated heterocycles. The van der Waals surface area contributed by atoms with Crippen molar-refractivity contribution < 1.29 is 36.9 Å². The fourth-order valence-corrected chi connectivity index (χ4v) is 8.03. The molecule has 0 aliphatic carbocycles. The summed E-state index contributed by atoms with van der Waals surface area (Å²) in [6.45, 7) is 3.16. The summed E-state index contributed by atoms with van der Waals surface area (Å²) in [6, 6.07) is 6.15. The van der Waals surface area contributed by atoms with E-state index in [0.29, 0.717) is 0 Å². The van der Waals surface area contributed by atoms with E-state index in [1.807, 2.05) is 0 Å². The van der Waals surface area contributed by atoms with Gasteiger partial charge in [-0.3, -0.25) is 18.7 Å². The van der Waals surface area contributed by atoms with Crippen LogP contribution in [0.5, 0.6) is 0 Å². The largest absolute Gasteiger partial charge is 0.349 e. The Kier molecular flexibility index (Phi) is 5.19. The van der Waals surface area contributed by atoms with Crippen molar-refractivity contribution in [3.8, 4) is 0 Å². The molecule has 4 N–H and O–H groups in total. The van der Waals surface area contributed by atoms with E-state index >= 15 is 0 Å². The van der Waals surface area contributed by atoms with Crippen molar-refractivity contribution in [2.45, 2.75) is 41.0 Å². The quantitative estimate of drug-likeness (QED) is 0.281. The summed E-state index contributed by atoms with van der Waals surface area (Å²) in [5.41, 5.74) is 0.0265. The molecule has 3 unspecified atom stereocenters. The maximum Gasteiger partial charge on any atom is 0.349 e. The third-order valence-corrected chi connectivity index (χ3v) is 9.00. The Balaban J connectivity index is 1.84. The highest BCUT2D eigenvalue weighted by atomic mass is 32.2. The van der Waals surface area contributed by atoms with E-state index in [9.17, 15) is 36.9 Å². The van der Waals surface area contributed by atoms with Gasteiger partial charge in [-0.1, -0.05) is 30.3 Å². The Morgan fingerprint density at radius 3 is 2.36 bits per heavy atom.